The molecule has 2 nitrogen and oxygen atoms in total. The molecule has 1 heterocycles. The molecule has 1 aromatic rings. The van der Waals surface area contributed by atoms with Crippen LogP contribution in [0.15, 0.2) is 22.7 Å². The number of nitrogens with two attached hydrogens (primary N) is 1. The number of benzene rings is 1. The molecule has 0 aromatic heterocycles. The molecule has 2 atom stereocenters. The van der Waals surface area contributed by atoms with Gasteiger partial charge >= 0.3 is 0 Å². The monoisotopic (exact) mass is 286 g/mol. The zero-order valence-corrected chi connectivity index (χ0v) is 10.9. The van der Waals surface area contributed by atoms with Gasteiger partial charge in [0.25, 0.3) is 0 Å². The summed E-state index contributed by atoms with van der Waals surface area (Å²) in [4.78, 5) is 2.29. The predicted octanol–water partition coefficient (Wildman–Crippen LogP) is 2.54. The van der Waals surface area contributed by atoms with Crippen molar-refractivity contribution in [2.24, 2.45) is 11.7 Å². The third-order valence-corrected chi connectivity index (χ3v) is 3.98. The molecule has 4 heteroatoms. The van der Waals surface area contributed by atoms with E-state index < -0.39 is 0 Å². The van der Waals surface area contributed by atoms with Gasteiger partial charge in [-0.25, -0.2) is 4.39 Å². The lowest BCUT2D eigenvalue weighted by atomic mass is 10.00. The van der Waals surface area contributed by atoms with Crippen molar-refractivity contribution in [1.29, 1.82) is 0 Å². The molecule has 1 aliphatic heterocycles. The van der Waals surface area contributed by atoms with Gasteiger partial charge in [-0.05, 0) is 43.6 Å². The lowest BCUT2D eigenvalue weighted by molar-refractivity contribution is 0.312. The third kappa shape index (κ3) is 2.29. The minimum Gasteiger partial charge on any atom is -0.330 e. The molecular weight excluding hydrogens is 271 g/mol. The molecule has 2 N–H and O–H groups in total. The highest BCUT2D eigenvalue weighted by Gasteiger charge is 2.30. The molecule has 0 aliphatic carbocycles. The van der Waals surface area contributed by atoms with Crippen molar-refractivity contribution in [3.05, 3.63) is 34.1 Å². The number of likely N-dealkylation sites (tertiary alicyclic amines) is 1. The zero-order chi connectivity index (χ0) is 11.7. The number of nitrogens with zero attached hydrogens (tertiary/aromatic N) is 1. The van der Waals surface area contributed by atoms with Crippen LogP contribution in [-0.4, -0.2) is 25.0 Å². The molecule has 1 fully saturated rings. The van der Waals surface area contributed by atoms with Gasteiger partial charge in [0.1, 0.15) is 5.82 Å². The summed E-state index contributed by atoms with van der Waals surface area (Å²) in [5.41, 5.74) is 6.85. The maximum atomic E-state index is 13.0. The minimum absolute atomic E-state index is 0.202. The summed E-state index contributed by atoms with van der Waals surface area (Å²) in [5, 5.41) is 0. The highest BCUT2D eigenvalue weighted by molar-refractivity contribution is 9.10. The maximum Gasteiger partial charge on any atom is 0.124 e. The second kappa shape index (κ2) is 4.82. The second-order valence-electron chi connectivity index (χ2n) is 4.46. The molecule has 16 heavy (non-hydrogen) atoms. The molecule has 2 unspecified atom stereocenters. The summed E-state index contributed by atoms with van der Waals surface area (Å²) in [6.45, 7) is 1.74. The number of rotatable bonds is 2. The molecule has 0 radical (unpaired) electrons. The van der Waals surface area contributed by atoms with Crippen molar-refractivity contribution in [2.75, 3.05) is 20.1 Å². The van der Waals surface area contributed by atoms with Gasteiger partial charge in [0, 0.05) is 17.1 Å². The fourth-order valence-electron chi connectivity index (χ4n) is 2.41. The highest BCUT2D eigenvalue weighted by atomic mass is 79.9. The molecule has 0 bridgehead atoms. The van der Waals surface area contributed by atoms with E-state index in [4.69, 9.17) is 5.73 Å². The van der Waals surface area contributed by atoms with Crippen molar-refractivity contribution in [1.82, 2.24) is 4.90 Å². The fraction of sp³-hybridized carbons (Fsp3) is 0.500. The van der Waals surface area contributed by atoms with Crippen LogP contribution in [-0.2, 0) is 0 Å². The van der Waals surface area contributed by atoms with Crippen molar-refractivity contribution < 1.29 is 4.39 Å². The predicted molar refractivity (Wildman–Crippen MR) is 66.6 cm³/mol. The first-order valence-electron chi connectivity index (χ1n) is 5.47. The van der Waals surface area contributed by atoms with Gasteiger partial charge in [-0.2, -0.15) is 0 Å². The van der Waals surface area contributed by atoms with Gasteiger partial charge in [0.2, 0.25) is 0 Å². The van der Waals surface area contributed by atoms with Crippen LogP contribution in [0, 0.1) is 11.7 Å². The summed E-state index contributed by atoms with van der Waals surface area (Å²) in [7, 11) is 2.09. The maximum absolute atomic E-state index is 13.0. The van der Waals surface area contributed by atoms with Crippen LogP contribution >= 0.6 is 15.9 Å². The lowest BCUT2D eigenvalue weighted by Gasteiger charge is -2.20. The van der Waals surface area contributed by atoms with Gasteiger partial charge in [0.05, 0.1) is 0 Å². The van der Waals surface area contributed by atoms with Crippen LogP contribution in [0.2, 0.25) is 0 Å². The van der Waals surface area contributed by atoms with Crippen molar-refractivity contribution >= 4 is 15.9 Å². The average Bonchev–Trinajstić information content (AvgIpc) is 2.60. The van der Waals surface area contributed by atoms with Crippen LogP contribution in [0.5, 0.6) is 0 Å². The van der Waals surface area contributed by atoms with E-state index in [9.17, 15) is 4.39 Å². The molecule has 0 saturated carbocycles. The van der Waals surface area contributed by atoms with E-state index in [0.29, 0.717) is 12.0 Å². The molecular formula is C12H16BrFN2. The minimum atomic E-state index is -0.202. The van der Waals surface area contributed by atoms with Gasteiger partial charge in [-0.3, -0.25) is 4.90 Å². The Morgan fingerprint density at radius 1 is 1.56 bits per heavy atom. The first-order chi connectivity index (χ1) is 7.61. The zero-order valence-electron chi connectivity index (χ0n) is 9.29. The van der Waals surface area contributed by atoms with Gasteiger partial charge < -0.3 is 5.73 Å². The van der Waals surface area contributed by atoms with E-state index in [1.165, 1.54) is 12.1 Å². The molecule has 0 spiro atoms. The summed E-state index contributed by atoms with van der Waals surface area (Å²) in [6.07, 6.45) is 1.05. The van der Waals surface area contributed by atoms with Crippen LogP contribution in [0.4, 0.5) is 4.39 Å². The molecule has 88 valence electrons. The van der Waals surface area contributed by atoms with E-state index in [1.54, 1.807) is 0 Å². The summed E-state index contributed by atoms with van der Waals surface area (Å²) >= 11 is 3.43. The standard InChI is InChI=1S/C12H16BrFN2/c1-16-7-8(6-15)4-12(16)10-3-2-9(14)5-11(10)13/h2-3,5,8,12H,4,6-7,15H2,1H3. The SMILES string of the molecule is CN1CC(CN)CC1c1ccc(F)cc1Br. The normalized spacial score (nSPS) is 26.2. The summed E-state index contributed by atoms with van der Waals surface area (Å²) < 4.78 is 13.9. The summed E-state index contributed by atoms with van der Waals surface area (Å²) in [5.74, 6) is 0.346. The van der Waals surface area contributed by atoms with E-state index in [1.807, 2.05) is 6.07 Å². The van der Waals surface area contributed by atoms with E-state index in [2.05, 4.69) is 27.9 Å². The molecule has 1 aromatic carbocycles. The first kappa shape index (κ1) is 12.0. The van der Waals surface area contributed by atoms with Crippen molar-refractivity contribution in [3.8, 4) is 0 Å². The Morgan fingerprint density at radius 2 is 2.31 bits per heavy atom. The van der Waals surface area contributed by atoms with Gasteiger partial charge in [0.15, 0.2) is 0 Å². The van der Waals surface area contributed by atoms with Crippen LogP contribution in [0.25, 0.3) is 0 Å². The quantitative estimate of drug-likeness (QED) is 0.905. The summed E-state index contributed by atoms with van der Waals surface area (Å²) in [6, 6.07) is 5.26. The van der Waals surface area contributed by atoms with E-state index in [-0.39, 0.29) is 5.82 Å². The smallest absolute Gasteiger partial charge is 0.124 e. The number of hydrogen-bond acceptors (Lipinski definition) is 2. The third-order valence-electron chi connectivity index (χ3n) is 3.29. The average molecular weight is 287 g/mol. The molecule has 1 saturated heterocycles. The Kier molecular flexibility index (Phi) is 3.62. The fourth-order valence-corrected chi connectivity index (χ4v) is 3.03. The van der Waals surface area contributed by atoms with Gasteiger partial charge in [-0.15, -0.1) is 0 Å². The Labute approximate surface area is 104 Å². The van der Waals surface area contributed by atoms with Crippen LogP contribution in [0.3, 0.4) is 0 Å². The van der Waals surface area contributed by atoms with E-state index >= 15 is 0 Å². The molecule has 1 aliphatic rings. The largest absolute Gasteiger partial charge is 0.330 e. The Bertz CT molecular complexity index is 383. The van der Waals surface area contributed by atoms with Crippen LogP contribution < -0.4 is 5.73 Å². The van der Waals surface area contributed by atoms with Crippen molar-refractivity contribution in [2.45, 2.75) is 12.5 Å². The van der Waals surface area contributed by atoms with Crippen molar-refractivity contribution in [3.63, 3.8) is 0 Å². The topological polar surface area (TPSA) is 29.3 Å². The lowest BCUT2D eigenvalue weighted by Crippen LogP contribution is -2.20. The molecule has 0 amide bonds. The number of hydrogen-bond donors (Lipinski definition) is 1. The Balaban J connectivity index is 2.24. The number of halogens is 2. The highest BCUT2D eigenvalue weighted by Crippen LogP contribution is 2.37. The first-order valence-corrected chi connectivity index (χ1v) is 6.26. The second-order valence-corrected chi connectivity index (χ2v) is 5.31. The van der Waals surface area contributed by atoms with Crippen LogP contribution in [0.1, 0.15) is 18.0 Å². The van der Waals surface area contributed by atoms with Gasteiger partial charge in [-0.1, -0.05) is 22.0 Å². The Morgan fingerprint density at radius 3 is 2.88 bits per heavy atom. The molecule has 2 rings (SSSR count). The Hall–Kier alpha value is -0.450. The van der Waals surface area contributed by atoms with E-state index in [0.717, 1.165) is 29.5 Å².